The van der Waals surface area contributed by atoms with Gasteiger partial charge in [-0.05, 0) is 54.7 Å². The molecule has 0 saturated heterocycles. The molecule has 2 nitrogen and oxygen atoms in total. The van der Waals surface area contributed by atoms with E-state index >= 15 is 0 Å². The summed E-state index contributed by atoms with van der Waals surface area (Å²) in [6.45, 7) is 5.57. The third-order valence-electron chi connectivity index (χ3n) is 5.09. The second-order valence-electron chi connectivity index (χ2n) is 6.95. The molecule has 0 aliphatic heterocycles. The van der Waals surface area contributed by atoms with Crippen LogP contribution < -0.4 is 0 Å². The normalized spacial score (nSPS) is 11.9. The predicted molar refractivity (Wildman–Crippen MR) is 108 cm³/mol. The molecule has 3 aromatic carbocycles. The monoisotopic (exact) mass is 398 g/mol. The number of hydrogen-bond donors (Lipinski definition) is 0. The molecular weight excluding hydrogens is 381 g/mol. The highest BCUT2D eigenvalue weighted by Crippen LogP contribution is 2.38. The predicted octanol–water partition coefficient (Wildman–Crippen LogP) is 6.97. The average Bonchev–Trinajstić information content (AvgIpc) is 3.13. The highest BCUT2D eigenvalue weighted by molar-refractivity contribution is 7.00. The van der Waals surface area contributed by atoms with Crippen molar-refractivity contribution in [3.63, 3.8) is 0 Å². The van der Waals surface area contributed by atoms with Gasteiger partial charge in [0.25, 0.3) is 0 Å². The topological polar surface area (TPSA) is 25.8 Å². The molecule has 28 heavy (non-hydrogen) atoms. The first kappa shape index (κ1) is 18.6. The third-order valence-corrected chi connectivity index (χ3v) is 5.62. The van der Waals surface area contributed by atoms with Crippen LogP contribution in [0.4, 0.5) is 13.2 Å². The lowest BCUT2D eigenvalue weighted by Gasteiger charge is -2.13. The minimum Gasteiger partial charge on any atom is -0.172 e. The quantitative estimate of drug-likeness (QED) is 0.364. The second kappa shape index (κ2) is 6.71. The molecule has 0 aliphatic carbocycles. The van der Waals surface area contributed by atoms with Crippen LogP contribution in [0.2, 0.25) is 0 Å². The fraction of sp³-hybridized carbons (Fsp3) is 0.182. The summed E-state index contributed by atoms with van der Waals surface area (Å²) in [6.07, 6.45) is -4.39. The van der Waals surface area contributed by atoms with Crippen molar-refractivity contribution in [1.82, 2.24) is 8.75 Å². The molecular formula is C22H17F3N2S. The molecule has 0 bridgehead atoms. The second-order valence-corrected chi connectivity index (χ2v) is 7.48. The zero-order valence-corrected chi connectivity index (χ0v) is 16.4. The van der Waals surface area contributed by atoms with Crippen molar-refractivity contribution in [1.29, 1.82) is 0 Å². The highest BCUT2D eigenvalue weighted by Gasteiger charge is 2.32. The summed E-state index contributed by atoms with van der Waals surface area (Å²) in [6, 6.07) is 14.3. The summed E-state index contributed by atoms with van der Waals surface area (Å²) in [4.78, 5) is 0. The molecule has 0 saturated carbocycles. The van der Waals surface area contributed by atoms with Crippen molar-refractivity contribution < 1.29 is 13.2 Å². The SMILES string of the molecule is Cc1ccc(-c2ccc(-c3ccc(C)c(C(F)(F)F)c3)c3nsnc23)cc1C. The van der Waals surface area contributed by atoms with E-state index in [0.29, 0.717) is 22.2 Å². The Morgan fingerprint density at radius 2 is 1.21 bits per heavy atom. The van der Waals surface area contributed by atoms with Gasteiger partial charge in [-0.1, -0.05) is 42.5 Å². The first-order valence-corrected chi connectivity index (χ1v) is 9.50. The average molecular weight is 398 g/mol. The first-order chi connectivity index (χ1) is 13.3. The number of halogens is 3. The van der Waals surface area contributed by atoms with E-state index in [4.69, 9.17) is 0 Å². The Labute approximate surface area is 165 Å². The summed E-state index contributed by atoms with van der Waals surface area (Å²) in [5.41, 5.74) is 6.38. The maximum absolute atomic E-state index is 13.3. The Bertz CT molecular complexity index is 1190. The van der Waals surface area contributed by atoms with Gasteiger partial charge in [-0.25, -0.2) is 0 Å². The standard InChI is InChI=1S/C22H17F3N2S/c1-12-4-6-15(10-14(12)3)17-8-9-18(21-20(17)26-28-27-21)16-7-5-13(2)19(11-16)22(23,24)25/h4-11H,1-3H3. The fourth-order valence-electron chi connectivity index (χ4n) is 3.34. The van der Waals surface area contributed by atoms with Gasteiger partial charge in [0.2, 0.25) is 0 Å². The molecule has 4 aromatic rings. The zero-order chi connectivity index (χ0) is 20.1. The van der Waals surface area contributed by atoms with Gasteiger partial charge in [-0.2, -0.15) is 21.9 Å². The smallest absolute Gasteiger partial charge is 0.172 e. The minimum atomic E-state index is -4.39. The zero-order valence-electron chi connectivity index (χ0n) is 15.6. The molecule has 0 amide bonds. The Morgan fingerprint density at radius 1 is 0.679 bits per heavy atom. The highest BCUT2D eigenvalue weighted by atomic mass is 32.1. The molecule has 1 aromatic heterocycles. The van der Waals surface area contributed by atoms with Gasteiger partial charge >= 0.3 is 6.18 Å². The Hall–Kier alpha value is -2.73. The molecule has 0 N–H and O–H groups in total. The molecule has 0 radical (unpaired) electrons. The molecule has 0 unspecified atom stereocenters. The summed E-state index contributed by atoms with van der Waals surface area (Å²) >= 11 is 1.07. The van der Waals surface area contributed by atoms with Gasteiger partial charge in [-0.15, -0.1) is 0 Å². The summed E-state index contributed by atoms with van der Waals surface area (Å²) in [5.74, 6) is 0. The van der Waals surface area contributed by atoms with Crippen LogP contribution in [-0.2, 0) is 6.18 Å². The summed E-state index contributed by atoms with van der Waals surface area (Å²) in [7, 11) is 0. The number of hydrogen-bond acceptors (Lipinski definition) is 3. The van der Waals surface area contributed by atoms with Crippen LogP contribution in [0.1, 0.15) is 22.3 Å². The van der Waals surface area contributed by atoms with Gasteiger partial charge in [-0.3, -0.25) is 0 Å². The molecule has 0 atom stereocenters. The van der Waals surface area contributed by atoms with Crippen molar-refractivity contribution in [2.45, 2.75) is 26.9 Å². The van der Waals surface area contributed by atoms with E-state index in [9.17, 15) is 13.2 Å². The number of fused-ring (bicyclic) bond motifs is 1. The maximum Gasteiger partial charge on any atom is 0.416 e. The van der Waals surface area contributed by atoms with Gasteiger partial charge in [0.1, 0.15) is 11.0 Å². The number of aromatic nitrogens is 2. The number of alkyl halides is 3. The maximum atomic E-state index is 13.3. The lowest BCUT2D eigenvalue weighted by molar-refractivity contribution is -0.138. The first-order valence-electron chi connectivity index (χ1n) is 8.77. The lowest BCUT2D eigenvalue weighted by atomic mass is 9.94. The van der Waals surface area contributed by atoms with E-state index < -0.39 is 11.7 Å². The number of nitrogens with zero attached hydrogens (tertiary/aromatic N) is 2. The van der Waals surface area contributed by atoms with Crippen molar-refractivity contribution in [3.05, 3.63) is 70.8 Å². The van der Waals surface area contributed by atoms with E-state index in [0.717, 1.165) is 22.9 Å². The van der Waals surface area contributed by atoms with Gasteiger partial charge < -0.3 is 0 Å². The van der Waals surface area contributed by atoms with Gasteiger partial charge in [0.15, 0.2) is 0 Å². The minimum absolute atomic E-state index is 0.204. The van der Waals surface area contributed by atoms with E-state index in [1.54, 1.807) is 6.07 Å². The van der Waals surface area contributed by atoms with Crippen molar-refractivity contribution >= 4 is 22.8 Å². The van der Waals surface area contributed by atoms with Crippen LogP contribution in [-0.4, -0.2) is 8.75 Å². The van der Waals surface area contributed by atoms with E-state index in [1.807, 2.05) is 18.2 Å². The lowest BCUT2D eigenvalue weighted by Crippen LogP contribution is -2.07. The molecule has 4 rings (SSSR count). The number of benzene rings is 3. The van der Waals surface area contributed by atoms with Crippen LogP contribution in [0, 0.1) is 20.8 Å². The molecule has 142 valence electrons. The van der Waals surface area contributed by atoms with Gasteiger partial charge in [0, 0.05) is 11.1 Å². The third kappa shape index (κ3) is 3.18. The Morgan fingerprint density at radius 3 is 1.75 bits per heavy atom. The van der Waals surface area contributed by atoms with E-state index in [-0.39, 0.29) is 5.56 Å². The van der Waals surface area contributed by atoms with Crippen LogP contribution >= 0.6 is 11.7 Å². The van der Waals surface area contributed by atoms with Gasteiger partial charge in [0.05, 0.1) is 17.3 Å². The molecule has 1 heterocycles. The van der Waals surface area contributed by atoms with Crippen molar-refractivity contribution in [2.75, 3.05) is 0 Å². The molecule has 6 heteroatoms. The molecule has 0 spiro atoms. The Balaban J connectivity index is 1.90. The van der Waals surface area contributed by atoms with E-state index in [1.165, 1.54) is 30.2 Å². The van der Waals surface area contributed by atoms with E-state index in [2.05, 4.69) is 34.7 Å². The number of aryl methyl sites for hydroxylation is 3. The molecule has 0 fully saturated rings. The van der Waals surface area contributed by atoms with Crippen LogP contribution in [0.25, 0.3) is 33.3 Å². The molecule has 0 aliphatic rings. The van der Waals surface area contributed by atoms with Crippen LogP contribution in [0.15, 0.2) is 48.5 Å². The van der Waals surface area contributed by atoms with Crippen molar-refractivity contribution in [3.8, 4) is 22.3 Å². The Kier molecular flexibility index (Phi) is 4.46. The largest absolute Gasteiger partial charge is 0.416 e. The van der Waals surface area contributed by atoms with Crippen LogP contribution in [0.3, 0.4) is 0 Å². The summed E-state index contributed by atoms with van der Waals surface area (Å²) in [5, 5.41) is 0. The van der Waals surface area contributed by atoms with Crippen LogP contribution in [0.5, 0.6) is 0 Å². The van der Waals surface area contributed by atoms with Crippen molar-refractivity contribution in [2.24, 2.45) is 0 Å². The summed E-state index contributed by atoms with van der Waals surface area (Å²) < 4.78 is 48.8. The number of rotatable bonds is 2. The fourth-order valence-corrected chi connectivity index (χ4v) is 3.91.